The molecule has 0 aliphatic heterocycles. The number of nitrogens with one attached hydrogen (secondary N) is 1. The van der Waals surface area contributed by atoms with Crippen LogP contribution in [0.4, 0.5) is 0 Å². The fourth-order valence-corrected chi connectivity index (χ4v) is 2.73. The number of ether oxygens (including phenoxy) is 1. The number of hydrogen-bond acceptors (Lipinski definition) is 4. The van der Waals surface area contributed by atoms with Gasteiger partial charge in [0.05, 0.1) is 0 Å². The first kappa shape index (κ1) is 15.8. The van der Waals surface area contributed by atoms with Crippen LogP contribution in [0, 0.1) is 5.92 Å². The summed E-state index contributed by atoms with van der Waals surface area (Å²) in [6.07, 6.45) is 5.65. The van der Waals surface area contributed by atoms with Gasteiger partial charge in [-0.1, -0.05) is 30.5 Å². The van der Waals surface area contributed by atoms with Gasteiger partial charge < -0.3 is 10.1 Å². The lowest BCUT2D eigenvalue weighted by atomic mass is 9.98. The number of pyridine rings is 1. The molecule has 1 aromatic heterocycles. The van der Waals surface area contributed by atoms with E-state index < -0.39 is 6.04 Å². The average Bonchev–Trinajstić information content (AvgIpc) is 2.97. The third-order valence-electron chi connectivity index (χ3n) is 3.65. The van der Waals surface area contributed by atoms with E-state index in [0.717, 1.165) is 31.2 Å². The van der Waals surface area contributed by atoms with Crippen molar-refractivity contribution in [1.82, 2.24) is 10.3 Å². The average molecular weight is 311 g/mol. The molecule has 1 N–H and O–H groups in total. The van der Waals surface area contributed by atoms with Crippen LogP contribution in [0.2, 0.25) is 5.15 Å². The summed E-state index contributed by atoms with van der Waals surface area (Å²) in [6.45, 7) is 1.55. The summed E-state index contributed by atoms with van der Waals surface area (Å²) < 4.78 is 5.31. The molecule has 0 spiro atoms. The zero-order chi connectivity index (χ0) is 15.2. The van der Waals surface area contributed by atoms with Gasteiger partial charge in [0, 0.05) is 18.7 Å². The maximum atomic E-state index is 12.2. The van der Waals surface area contributed by atoms with Crippen molar-refractivity contribution in [2.45, 2.75) is 45.3 Å². The first-order chi connectivity index (χ1) is 10.1. The topological polar surface area (TPSA) is 68.3 Å². The second-order valence-electron chi connectivity index (χ2n) is 5.32. The smallest absolute Gasteiger partial charge is 0.329 e. The number of aromatic nitrogens is 1. The van der Waals surface area contributed by atoms with E-state index in [4.69, 9.17) is 16.3 Å². The van der Waals surface area contributed by atoms with Crippen LogP contribution >= 0.6 is 11.6 Å². The summed E-state index contributed by atoms with van der Waals surface area (Å²) in [5, 5.41) is 3.11. The number of nitrogens with zero attached hydrogens (tertiary/aromatic N) is 1. The second-order valence-corrected chi connectivity index (χ2v) is 5.71. The molecule has 1 aromatic rings. The standard InChI is InChI=1S/C15H19ClN2O3/c1-10(19)18-14(12-4-2-3-5-12)15(20)21-9-11-6-7-13(16)17-8-11/h6-8,12,14H,2-5,9H2,1H3,(H,18,19). The highest BCUT2D eigenvalue weighted by molar-refractivity contribution is 6.29. The van der Waals surface area contributed by atoms with Gasteiger partial charge in [-0.15, -0.1) is 0 Å². The summed E-state index contributed by atoms with van der Waals surface area (Å²) in [5.74, 6) is -0.422. The fraction of sp³-hybridized carbons (Fsp3) is 0.533. The summed E-state index contributed by atoms with van der Waals surface area (Å²) in [4.78, 5) is 27.4. The molecule has 5 nitrogen and oxygen atoms in total. The van der Waals surface area contributed by atoms with Gasteiger partial charge in [-0.2, -0.15) is 0 Å². The van der Waals surface area contributed by atoms with Gasteiger partial charge in [-0.3, -0.25) is 4.79 Å². The normalized spacial score (nSPS) is 16.5. The summed E-state index contributed by atoms with van der Waals surface area (Å²) in [5.41, 5.74) is 0.765. The maximum Gasteiger partial charge on any atom is 0.329 e. The molecule has 1 atom stereocenters. The minimum atomic E-state index is -0.551. The van der Waals surface area contributed by atoms with Crippen molar-refractivity contribution in [2.24, 2.45) is 5.92 Å². The minimum Gasteiger partial charge on any atom is -0.459 e. The molecule has 1 fully saturated rings. The van der Waals surface area contributed by atoms with E-state index in [9.17, 15) is 9.59 Å². The van der Waals surface area contributed by atoms with Crippen LogP contribution < -0.4 is 5.32 Å². The van der Waals surface area contributed by atoms with E-state index in [2.05, 4.69) is 10.3 Å². The molecular weight excluding hydrogens is 292 g/mol. The van der Waals surface area contributed by atoms with E-state index in [1.54, 1.807) is 18.3 Å². The summed E-state index contributed by atoms with van der Waals surface area (Å²) in [6, 6.07) is 2.85. The Morgan fingerprint density at radius 2 is 2.14 bits per heavy atom. The molecule has 114 valence electrons. The molecule has 1 heterocycles. The molecule has 21 heavy (non-hydrogen) atoms. The number of rotatable bonds is 5. The molecule has 1 saturated carbocycles. The molecule has 6 heteroatoms. The Kier molecular flexibility index (Phi) is 5.56. The molecule has 0 saturated heterocycles. The van der Waals surface area contributed by atoms with Crippen LogP contribution in [0.5, 0.6) is 0 Å². The van der Waals surface area contributed by atoms with Crippen molar-refractivity contribution >= 4 is 23.5 Å². The number of halogens is 1. The van der Waals surface area contributed by atoms with Crippen molar-refractivity contribution in [1.29, 1.82) is 0 Å². The lowest BCUT2D eigenvalue weighted by Crippen LogP contribution is -2.45. The Balaban J connectivity index is 1.94. The molecule has 1 aliphatic rings. The maximum absolute atomic E-state index is 12.2. The molecule has 0 radical (unpaired) electrons. The molecule has 1 aliphatic carbocycles. The van der Waals surface area contributed by atoms with Crippen molar-refractivity contribution in [3.05, 3.63) is 29.0 Å². The Labute approximate surface area is 129 Å². The Hall–Kier alpha value is -1.62. The summed E-state index contributed by atoms with van der Waals surface area (Å²) in [7, 11) is 0. The van der Waals surface area contributed by atoms with E-state index in [1.807, 2.05) is 0 Å². The summed E-state index contributed by atoms with van der Waals surface area (Å²) >= 11 is 5.70. The third kappa shape index (κ3) is 4.70. The Morgan fingerprint density at radius 1 is 1.43 bits per heavy atom. The molecule has 1 unspecified atom stereocenters. The van der Waals surface area contributed by atoms with Crippen molar-refractivity contribution in [3.8, 4) is 0 Å². The Bertz CT molecular complexity index is 498. The predicted molar refractivity (Wildman–Crippen MR) is 78.6 cm³/mol. The van der Waals surface area contributed by atoms with E-state index in [1.165, 1.54) is 6.92 Å². The highest BCUT2D eigenvalue weighted by Crippen LogP contribution is 2.28. The number of amides is 1. The van der Waals surface area contributed by atoms with Crippen molar-refractivity contribution in [2.75, 3.05) is 0 Å². The zero-order valence-electron chi connectivity index (χ0n) is 12.0. The van der Waals surface area contributed by atoms with Crippen molar-refractivity contribution < 1.29 is 14.3 Å². The van der Waals surface area contributed by atoms with Crippen molar-refractivity contribution in [3.63, 3.8) is 0 Å². The van der Waals surface area contributed by atoms with E-state index >= 15 is 0 Å². The fourth-order valence-electron chi connectivity index (χ4n) is 2.62. The quantitative estimate of drug-likeness (QED) is 0.670. The van der Waals surface area contributed by atoms with Gasteiger partial charge in [0.1, 0.15) is 17.8 Å². The predicted octanol–water partition coefficient (Wildman–Crippen LogP) is 2.47. The molecule has 0 bridgehead atoms. The van der Waals surface area contributed by atoms with Crippen LogP contribution in [0.25, 0.3) is 0 Å². The number of carbonyl (C=O) groups excluding carboxylic acids is 2. The van der Waals surface area contributed by atoms with Gasteiger partial charge in [-0.05, 0) is 24.8 Å². The van der Waals surface area contributed by atoms with Crippen LogP contribution in [-0.2, 0) is 20.9 Å². The van der Waals surface area contributed by atoms with E-state index in [-0.39, 0.29) is 24.4 Å². The van der Waals surface area contributed by atoms with Crippen LogP contribution in [-0.4, -0.2) is 22.9 Å². The number of esters is 1. The lowest BCUT2D eigenvalue weighted by molar-refractivity contribution is -0.150. The lowest BCUT2D eigenvalue weighted by Gasteiger charge is -2.22. The second kappa shape index (κ2) is 7.41. The van der Waals surface area contributed by atoms with Gasteiger partial charge >= 0.3 is 5.97 Å². The Morgan fingerprint density at radius 3 is 2.71 bits per heavy atom. The molecule has 1 amide bonds. The monoisotopic (exact) mass is 310 g/mol. The number of carbonyl (C=O) groups is 2. The van der Waals surface area contributed by atoms with Gasteiger partial charge in [0.15, 0.2) is 0 Å². The van der Waals surface area contributed by atoms with Gasteiger partial charge in [-0.25, -0.2) is 9.78 Å². The number of hydrogen-bond donors (Lipinski definition) is 1. The first-order valence-electron chi connectivity index (χ1n) is 7.10. The minimum absolute atomic E-state index is 0.131. The molecule has 0 aromatic carbocycles. The first-order valence-corrected chi connectivity index (χ1v) is 7.48. The molecule has 2 rings (SSSR count). The van der Waals surface area contributed by atoms with Crippen LogP contribution in [0.1, 0.15) is 38.2 Å². The SMILES string of the molecule is CC(=O)NC(C(=O)OCc1ccc(Cl)nc1)C1CCCC1. The zero-order valence-corrected chi connectivity index (χ0v) is 12.7. The molecular formula is C15H19ClN2O3. The van der Waals surface area contributed by atoms with E-state index in [0.29, 0.717) is 5.15 Å². The van der Waals surface area contributed by atoms with Crippen LogP contribution in [0.3, 0.4) is 0 Å². The van der Waals surface area contributed by atoms with Gasteiger partial charge in [0.2, 0.25) is 5.91 Å². The van der Waals surface area contributed by atoms with Gasteiger partial charge in [0.25, 0.3) is 0 Å². The highest BCUT2D eigenvalue weighted by Gasteiger charge is 2.32. The van der Waals surface area contributed by atoms with Crippen LogP contribution in [0.15, 0.2) is 18.3 Å². The third-order valence-corrected chi connectivity index (χ3v) is 3.88. The highest BCUT2D eigenvalue weighted by atomic mass is 35.5. The largest absolute Gasteiger partial charge is 0.459 e.